The summed E-state index contributed by atoms with van der Waals surface area (Å²) in [6, 6.07) is -19.2. The highest BCUT2D eigenvalue weighted by molar-refractivity contribution is 7.26. The second kappa shape index (κ2) is 9.68. The van der Waals surface area contributed by atoms with Crippen molar-refractivity contribution >= 4 is 75.1 Å². The number of benzene rings is 7. The molecule has 0 saturated carbocycles. The van der Waals surface area contributed by atoms with Gasteiger partial charge in [-0.25, -0.2) is 0 Å². The highest BCUT2D eigenvalue weighted by atomic mass is 32.1. The molecule has 0 aliphatic carbocycles. The van der Waals surface area contributed by atoms with Crippen LogP contribution in [0.4, 0.5) is 0 Å². The molecule has 46 heavy (non-hydrogen) atoms. The van der Waals surface area contributed by atoms with E-state index < -0.39 is 193 Å². The van der Waals surface area contributed by atoms with E-state index in [2.05, 4.69) is 0 Å². The Kier molecular flexibility index (Phi) is 2.38. The van der Waals surface area contributed by atoms with Crippen molar-refractivity contribution in [3.8, 4) is 22.5 Å². The number of hydrogen-bond donors (Lipinski definition) is 0. The molecule has 3 heterocycles. The Hall–Kier alpha value is -5.64. The molecule has 0 aliphatic rings. The van der Waals surface area contributed by atoms with Gasteiger partial charge < -0.3 is 9.13 Å². The zero-order chi connectivity index (χ0) is 52.1. The van der Waals surface area contributed by atoms with Gasteiger partial charge in [-0.05, 0) is 84.5 Å². The van der Waals surface area contributed by atoms with Crippen molar-refractivity contribution in [2.24, 2.45) is 0 Å². The summed E-state index contributed by atoms with van der Waals surface area (Å²) in [5.74, 6) is 0. The molecule has 10 aromatic rings. The third kappa shape index (κ3) is 3.64. The average molecular weight is 630 g/mol. The second-order valence-electron chi connectivity index (χ2n) is 10.3. The molecule has 3 heteroatoms. The van der Waals surface area contributed by atoms with Crippen LogP contribution in [0.5, 0.6) is 0 Å². The summed E-state index contributed by atoms with van der Waals surface area (Å²) in [5, 5.41) is -2.14. The van der Waals surface area contributed by atoms with Gasteiger partial charge in [0.2, 0.25) is 0 Å². The van der Waals surface area contributed by atoms with Crippen LogP contribution >= 0.6 is 11.3 Å². The zero-order valence-electron chi connectivity index (χ0n) is 48.3. The standard InChI is InChI=1S/C43H28N2S/c1-27-18-23-42-36(24-27)33-14-9-17-41(43(33)46-42)45-38-16-8-6-13-32(38)35-26-29(20-22-40(35)45)28-19-21-39-34(25-28)31-12-5-7-15-37(31)44(39)30-10-3-2-4-11-30/h2-26H,1H3/i2D,3D,4D,5D,6D,7D,8D,9D,10D,11D,12D,13D,14D,15D,16D,17D,18D,19D,20D,21D,22D,23D,24D,25D,26D. The van der Waals surface area contributed by atoms with Crippen LogP contribution in [0.3, 0.4) is 0 Å². The first-order chi connectivity index (χ1) is 33.2. The lowest BCUT2D eigenvalue weighted by atomic mass is 10.0. The van der Waals surface area contributed by atoms with Crippen molar-refractivity contribution < 1.29 is 34.3 Å². The van der Waals surface area contributed by atoms with Gasteiger partial charge in [0, 0.05) is 42.7 Å². The van der Waals surface area contributed by atoms with E-state index in [1.807, 2.05) is 0 Å². The maximum atomic E-state index is 9.87. The molecule has 216 valence electrons. The monoisotopic (exact) mass is 629 g/mol. The molecule has 0 unspecified atom stereocenters. The number of fused-ring (bicyclic) bond motifs is 9. The summed E-state index contributed by atoms with van der Waals surface area (Å²) in [4.78, 5) is 0. The lowest BCUT2D eigenvalue weighted by molar-refractivity contribution is 1.18. The lowest BCUT2D eigenvalue weighted by Gasteiger charge is -2.10. The topological polar surface area (TPSA) is 9.86 Å². The minimum absolute atomic E-state index is 0.00741. The van der Waals surface area contributed by atoms with Crippen LogP contribution in [-0.4, -0.2) is 9.13 Å². The van der Waals surface area contributed by atoms with Gasteiger partial charge in [-0.3, -0.25) is 0 Å². The summed E-state index contributed by atoms with van der Waals surface area (Å²) in [6.07, 6.45) is 0. The molecule has 0 amide bonds. The summed E-state index contributed by atoms with van der Waals surface area (Å²) in [5.41, 5.74) is -4.60. The summed E-state index contributed by atoms with van der Waals surface area (Å²) >= 11 is 0.753. The summed E-state index contributed by atoms with van der Waals surface area (Å²) in [7, 11) is 0. The Morgan fingerprint density at radius 3 is 1.76 bits per heavy atom. The molecule has 0 fully saturated rings. The summed E-state index contributed by atoms with van der Waals surface area (Å²) in [6.45, 7) is 1.43. The van der Waals surface area contributed by atoms with E-state index in [9.17, 15) is 12.3 Å². The van der Waals surface area contributed by atoms with Crippen LogP contribution in [0.15, 0.2) is 151 Å². The van der Waals surface area contributed by atoms with Gasteiger partial charge in [0.05, 0.1) is 66.7 Å². The van der Waals surface area contributed by atoms with E-state index in [1.165, 1.54) is 6.92 Å². The van der Waals surface area contributed by atoms with Crippen LogP contribution in [0.1, 0.15) is 39.8 Å². The van der Waals surface area contributed by atoms with Crippen molar-refractivity contribution in [2.75, 3.05) is 0 Å². The first-order valence-electron chi connectivity index (χ1n) is 26.2. The van der Waals surface area contributed by atoms with Gasteiger partial charge in [-0.15, -0.1) is 11.3 Å². The molecule has 0 spiro atoms. The Balaban J connectivity index is 1.44. The normalized spacial score (nSPS) is 19.6. The SMILES string of the molecule is [2H]c1c([2H])c([2H])c(-n2c3c([2H])c([2H])c([2H])c([2H])c3c3c([2H])c(-c4c([2H])c([2H])c5c(c4[2H])c4c([2H])c([2H])c([2H])c([2H])c4n5-c4c([2H])c([2H])c([2H])c5c4sc4c([2H])c([2H])c(C)c([2H])c45)c([2H])c([2H])c32)c([2H])c1[2H]. The predicted octanol–water partition coefficient (Wildman–Crippen LogP) is 12.2. The van der Waals surface area contributed by atoms with Crippen LogP contribution in [0.2, 0.25) is 0 Å². The van der Waals surface area contributed by atoms with Crippen LogP contribution < -0.4 is 0 Å². The van der Waals surface area contributed by atoms with Gasteiger partial charge in [-0.2, -0.15) is 0 Å². The number of aromatic nitrogens is 2. The van der Waals surface area contributed by atoms with E-state index in [-0.39, 0.29) is 49.6 Å². The third-order valence-corrected chi connectivity index (χ3v) is 8.78. The first-order valence-corrected chi connectivity index (χ1v) is 14.6. The molecule has 10 rings (SSSR count). The number of para-hydroxylation sites is 3. The molecular weight excluding hydrogens is 577 g/mol. The summed E-state index contributed by atoms with van der Waals surface area (Å²) < 4.78 is 227. The predicted molar refractivity (Wildman–Crippen MR) is 198 cm³/mol. The first kappa shape index (κ1) is 11.3. The number of rotatable bonds is 3. The second-order valence-corrected chi connectivity index (χ2v) is 11.3. The van der Waals surface area contributed by atoms with E-state index in [1.54, 1.807) is 0 Å². The minimum Gasteiger partial charge on any atom is -0.309 e. The van der Waals surface area contributed by atoms with Gasteiger partial charge >= 0.3 is 0 Å². The van der Waals surface area contributed by atoms with Crippen molar-refractivity contribution in [2.45, 2.75) is 6.92 Å². The van der Waals surface area contributed by atoms with Gasteiger partial charge in [-0.1, -0.05) is 90.2 Å². The van der Waals surface area contributed by atoms with Crippen LogP contribution in [-0.2, 0) is 0 Å². The van der Waals surface area contributed by atoms with E-state index >= 15 is 0 Å². The molecule has 0 atom stereocenters. The van der Waals surface area contributed by atoms with Crippen molar-refractivity contribution in [1.82, 2.24) is 9.13 Å². The molecule has 2 nitrogen and oxygen atoms in total. The van der Waals surface area contributed by atoms with E-state index in [0.29, 0.717) is 0 Å². The van der Waals surface area contributed by atoms with Crippen molar-refractivity contribution in [1.29, 1.82) is 0 Å². The van der Waals surface area contributed by atoms with E-state index in [4.69, 9.17) is 21.9 Å². The van der Waals surface area contributed by atoms with Crippen molar-refractivity contribution in [3.63, 3.8) is 0 Å². The number of hydrogen-bond acceptors (Lipinski definition) is 1. The highest BCUT2D eigenvalue weighted by Gasteiger charge is 2.18. The van der Waals surface area contributed by atoms with Crippen molar-refractivity contribution in [3.05, 3.63) is 157 Å². The largest absolute Gasteiger partial charge is 0.309 e. The Morgan fingerprint density at radius 1 is 0.457 bits per heavy atom. The smallest absolute Gasteiger partial charge is 0.0645 e. The fraction of sp³-hybridized carbons (Fsp3) is 0.0233. The Labute approximate surface area is 305 Å². The third-order valence-electron chi connectivity index (χ3n) is 7.67. The highest BCUT2D eigenvalue weighted by Crippen LogP contribution is 2.42. The molecule has 0 radical (unpaired) electrons. The lowest BCUT2D eigenvalue weighted by Crippen LogP contribution is -1.94. The van der Waals surface area contributed by atoms with Crippen LogP contribution in [0.25, 0.3) is 86.3 Å². The van der Waals surface area contributed by atoms with Crippen LogP contribution in [0, 0.1) is 6.92 Å². The fourth-order valence-corrected chi connectivity index (χ4v) is 6.80. The molecule has 0 saturated heterocycles. The fourth-order valence-electron chi connectivity index (χ4n) is 5.74. The maximum Gasteiger partial charge on any atom is 0.0645 e. The minimum atomic E-state index is -0.965. The van der Waals surface area contributed by atoms with Gasteiger partial charge in [0.15, 0.2) is 0 Å². The zero-order valence-corrected chi connectivity index (χ0v) is 24.1. The Morgan fingerprint density at radius 2 is 1.04 bits per heavy atom. The molecule has 3 aromatic heterocycles. The number of nitrogens with zero attached hydrogens (tertiary/aromatic N) is 2. The maximum absolute atomic E-state index is 9.87. The molecule has 0 N–H and O–H groups in total. The van der Waals surface area contributed by atoms with E-state index in [0.717, 1.165) is 20.5 Å². The van der Waals surface area contributed by atoms with Gasteiger partial charge in [0.25, 0.3) is 0 Å². The molecule has 0 bridgehead atoms. The van der Waals surface area contributed by atoms with Gasteiger partial charge in [0.1, 0.15) is 0 Å². The number of thiophene rings is 1. The molecular formula is C43H28N2S. The quantitative estimate of drug-likeness (QED) is 0.184. The average Bonchev–Trinajstić information content (AvgIpc) is 4.03. The molecule has 7 aromatic carbocycles. The molecule has 0 aliphatic heterocycles. The Bertz CT molecular complexity index is 4210.